The highest BCUT2D eigenvalue weighted by Gasteiger charge is 2.24. The molecule has 1 aliphatic rings. The van der Waals surface area contributed by atoms with E-state index in [1.165, 1.54) is 0 Å². The molecule has 25 heavy (non-hydrogen) atoms. The van der Waals surface area contributed by atoms with Crippen molar-refractivity contribution in [2.24, 2.45) is 0 Å². The number of aromatic nitrogens is 1. The molecule has 0 radical (unpaired) electrons. The highest BCUT2D eigenvalue weighted by atomic mass is 16.5. The van der Waals surface area contributed by atoms with Crippen molar-refractivity contribution < 1.29 is 14.3 Å². The molecule has 1 unspecified atom stereocenters. The molecule has 4 rings (SSSR count). The van der Waals surface area contributed by atoms with Gasteiger partial charge < -0.3 is 15.4 Å². The summed E-state index contributed by atoms with van der Waals surface area (Å²) >= 11 is 0. The number of amides is 2. The maximum atomic E-state index is 12.6. The Bertz CT molecular complexity index is 995. The highest BCUT2D eigenvalue weighted by molar-refractivity contribution is 6.09. The van der Waals surface area contributed by atoms with E-state index in [1.54, 1.807) is 37.4 Å². The van der Waals surface area contributed by atoms with Crippen LogP contribution in [0.1, 0.15) is 17.3 Å². The van der Waals surface area contributed by atoms with Crippen molar-refractivity contribution >= 4 is 34.1 Å². The first-order valence-corrected chi connectivity index (χ1v) is 7.88. The van der Waals surface area contributed by atoms with Crippen molar-refractivity contribution in [1.82, 2.24) is 4.98 Å². The summed E-state index contributed by atoms with van der Waals surface area (Å²) in [4.78, 5) is 28.7. The number of fused-ring (bicyclic) bond motifs is 2. The first-order valence-electron chi connectivity index (χ1n) is 7.88. The third-order valence-electron chi connectivity index (χ3n) is 4.05. The zero-order valence-electron chi connectivity index (χ0n) is 13.4. The average Bonchev–Trinajstić information content (AvgIpc) is 2.62. The van der Waals surface area contributed by atoms with Gasteiger partial charge in [-0.3, -0.25) is 14.6 Å². The van der Waals surface area contributed by atoms with Crippen LogP contribution in [-0.2, 0) is 4.79 Å². The average molecular weight is 333 g/mol. The van der Waals surface area contributed by atoms with Gasteiger partial charge in [-0.25, -0.2) is 0 Å². The number of rotatable bonds is 2. The summed E-state index contributed by atoms with van der Waals surface area (Å²) in [6, 6.07) is 14.3. The number of carbonyl (C=O) groups is 2. The summed E-state index contributed by atoms with van der Waals surface area (Å²) in [5.41, 5.74) is 2.27. The number of hydrogen-bond acceptors (Lipinski definition) is 4. The lowest BCUT2D eigenvalue weighted by Crippen LogP contribution is -2.34. The zero-order valence-corrected chi connectivity index (χ0v) is 13.4. The Balaban J connectivity index is 1.63. The molecule has 6 nitrogen and oxygen atoms in total. The van der Waals surface area contributed by atoms with Crippen LogP contribution in [-0.4, -0.2) is 22.9 Å². The minimum absolute atomic E-state index is 0.233. The fourth-order valence-corrected chi connectivity index (χ4v) is 2.75. The number of nitrogens with one attached hydrogen (secondary N) is 2. The van der Waals surface area contributed by atoms with Crippen LogP contribution < -0.4 is 15.4 Å². The molecular formula is C19H15N3O3. The molecule has 0 spiro atoms. The lowest BCUT2D eigenvalue weighted by molar-refractivity contribution is -0.122. The van der Waals surface area contributed by atoms with Gasteiger partial charge >= 0.3 is 0 Å². The second kappa shape index (κ2) is 5.90. The van der Waals surface area contributed by atoms with Crippen LogP contribution in [0.3, 0.4) is 0 Å². The fourth-order valence-electron chi connectivity index (χ4n) is 2.75. The molecule has 2 aromatic carbocycles. The largest absolute Gasteiger partial charge is 0.479 e. The molecule has 124 valence electrons. The third kappa shape index (κ3) is 2.78. The van der Waals surface area contributed by atoms with Gasteiger partial charge in [0.05, 0.1) is 16.9 Å². The fraction of sp³-hybridized carbons (Fsp3) is 0.105. The Kier molecular flexibility index (Phi) is 3.57. The van der Waals surface area contributed by atoms with Crippen molar-refractivity contribution in [1.29, 1.82) is 0 Å². The van der Waals surface area contributed by atoms with Gasteiger partial charge in [-0.15, -0.1) is 0 Å². The van der Waals surface area contributed by atoms with Gasteiger partial charge in [0, 0.05) is 17.1 Å². The topological polar surface area (TPSA) is 80.3 Å². The second-order valence-corrected chi connectivity index (χ2v) is 5.80. The number of ether oxygens (including phenoxy) is 1. The monoisotopic (exact) mass is 333 g/mol. The van der Waals surface area contributed by atoms with Gasteiger partial charge in [0.2, 0.25) is 0 Å². The molecule has 0 bridgehead atoms. The van der Waals surface area contributed by atoms with E-state index in [0.717, 1.165) is 10.9 Å². The van der Waals surface area contributed by atoms with Gasteiger partial charge in [0.15, 0.2) is 6.10 Å². The number of para-hydroxylation sites is 1. The molecule has 0 fully saturated rings. The quantitative estimate of drug-likeness (QED) is 0.755. The van der Waals surface area contributed by atoms with E-state index in [0.29, 0.717) is 22.7 Å². The van der Waals surface area contributed by atoms with E-state index in [1.807, 2.05) is 24.3 Å². The van der Waals surface area contributed by atoms with Crippen molar-refractivity contribution in [3.05, 3.63) is 60.3 Å². The summed E-state index contributed by atoms with van der Waals surface area (Å²) in [7, 11) is 0. The molecule has 1 atom stereocenters. The van der Waals surface area contributed by atoms with Crippen molar-refractivity contribution in [3.8, 4) is 5.75 Å². The minimum atomic E-state index is -0.547. The van der Waals surface area contributed by atoms with E-state index in [2.05, 4.69) is 15.6 Å². The number of pyridine rings is 1. The van der Waals surface area contributed by atoms with Crippen LogP contribution in [0.5, 0.6) is 5.75 Å². The summed E-state index contributed by atoms with van der Waals surface area (Å²) in [5.74, 6) is 0.0348. The second-order valence-electron chi connectivity index (χ2n) is 5.80. The molecule has 1 aliphatic heterocycles. The number of anilines is 2. The highest BCUT2D eigenvalue weighted by Crippen LogP contribution is 2.31. The van der Waals surface area contributed by atoms with Gasteiger partial charge in [-0.1, -0.05) is 18.2 Å². The smallest absolute Gasteiger partial charge is 0.265 e. The Morgan fingerprint density at radius 2 is 2.04 bits per heavy atom. The first-order chi connectivity index (χ1) is 12.1. The summed E-state index contributed by atoms with van der Waals surface area (Å²) in [6.45, 7) is 1.67. The van der Waals surface area contributed by atoms with Crippen LogP contribution in [0, 0.1) is 0 Å². The third-order valence-corrected chi connectivity index (χ3v) is 4.05. The van der Waals surface area contributed by atoms with E-state index in [9.17, 15) is 9.59 Å². The van der Waals surface area contributed by atoms with Gasteiger partial charge in [0.1, 0.15) is 5.75 Å². The minimum Gasteiger partial charge on any atom is -0.479 e. The van der Waals surface area contributed by atoms with Crippen LogP contribution in [0.2, 0.25) is 0 Å². The molecule has 3 aromatic rings. The molecule has 2 amide bonds. The van der Waals surface area contributed by atoms with Crippen molar-refractivity contribution in [2.45, 2.75) is 13.0 Å². The number of hydrogen-bond donors (Lipinski definition) is 2. The molecule has 2 heterocycles. The van der Waals surface area contributed by atoms with Gasteiger partial charge in [0.25, 0.3) is 11.8 Å². The normalized spacial score (nSPS) is 15.9. The van der Waals surface area contributed by atoms with Gasteiger partial charge in [-0.2, -0.15) is 0 Å². The number of nitrogens with zero attached hydrogens (tertiary/aromatic N) is 1. The Hall–Kier alpha value is -3.41. The van der Waals surface area contributed by atoms with Gasteiger partial charge in [-0.05, 0) is 37.3 Å². The molecule has 0 aliphatic carbocycles. The van der Waals surface area contributed by atoms with Crippen LogP contribution >= 0.6 is 0 Å². The van der Waals surface area contributed by atoms with E-state index >= 15 is 0 Å². The Labute approximate surface area is 143 Å². The zero-order chi connectivity index (χ0) is 17.4. The van der Waals surface area contributed by atoms with Crippen molar-refractivity contribution in [3.63, 3.8) is 0 Å². The van der Waals surface area contributed by atoms with E-state index < -0.39 is 6.10 Å². The molecular weight excluding hydrogens is 318 g/mol. The van der Waals surface area contributed by atoms with E-state index in [-0.39, 0.29) is 11.8 Å². The maximum Gasteiger partial charge on any atom is 0.265 e. The van der Waals surface area contributed by atoms with Crippen LogP contribution in [0.25, 0.3) is 10.9 Å². The molecule has 0 saturated carbocycles. The number of benzene rings is 2. The predicted molar refractivity (Wildman–Crippen MR) is 94.9 cm³/mol. The van der Waals surface area contributed by atoms with E-state index in [4.69, 9.17) is 4.74 Å². The maximum absolute atomic E-state index is 12.6. The Morgan fingerprint density at radius 1 is 1.20 bits per heavy atom. The first kappa shape index (κ1) is 15.1. The Morgan fingerprint density at radius 3 is 2.92 bits per heavy atom. The van der Waals surface area contributed by atoms with Crippen LogP contribution in [0.4, 0.5) is 11.4 Å². The summed E-state index contributed by atoms with van der Waals surface area (Å²) in [6.07, 6.45) is 1.14. The molecule has 0 saturated heterocycles. The number of carbonyl (C=O) groups excluding carboxylic acids is 2. The molecule has 6 heteroatoms. The summed E-state index contributed by atoms with van der Waals surface area (Å²) in [5, 5.41) is 6.56. The SMILES string of the molecule is CC1Oc2ccc(C(=O)Nc3cccc4cccnc34)cc2NC1=O. The standard InChI is InChI=1S/C19H15N3O3/c1-11-18(23)22-15-10-13(7-8-16(15)25-11)19(24)21-14-6-2-4-12-5-3-9-20-17(12)14/h2-11H,1H3,(H,21,24)(H,22,23). The summed E-state index contributed by atoms with van der Waals surface area (Å²) < 4.78 is 5.50. The molecule has 1 aromatic heterocycles. The predicted octanol–water partition coefficient (Wildman–Crippen LogP) is 3.21. The van der Waals surface area contributed by atoms with Crippen molar-refractivity contribution in [2.75, 3.05) is 10.6 Å². The van der Waals surface area contributed by atoms with Crippen LogP contribution in [0.15, 0.2) is 54.7 Å². The lowest BCUT2D eigenvalue weighted by atomic mass is 10.1. The molecule has 2 N–H and O–H groups in total. The lowest BCUT2D eigenvalue weighted by Gasteiger charge is -2.23.